The Balaban J connectivity index is 2.08. The van der Waals surface area contributed by atoms with Crippen LogP contribution in [0.3, 0.4) is 0 Å². The van der Waals surface area contributed by atoms with E-state index in [4.69, 9.17) is 4.74 Å². The van der Waals surface area contributed by atoms with Crippen LogP contribution in [0.2, 0.25) is 0 Å². The predicted molar refractivity (Wildman–Crippen MR) is 96.1 cm³/mol. The molecule has 0 N–H and O–H groups in total. The molecule has 0 aliphatic carbocycles. The summed E-state index contributed by atoms with van der Waals surface area (Å²) >= 11 is 3.31. The van der Waals surface area contributed by atoms with Crippen molar-refractivity contribution < 1.29 is 17.9 Å². The Kier molecular flexibility index (Phi) is 6.09. The molecular weight excluding hydrogens is 394 g/mol. The summed E-state index contributed by atoms with van der Waals surface area (Å²) in [4.78, 5) is 12.3. The zero-order valence-electron chi connectivity index (χ0n) is 14.3. The lowest BCUT2D eigenvalue weighted by molar-refractivity contribution is -0.156. The van der Waals surface area contributed by atoms with E-state index in [0.29, 0.717) is 17.6 Å². The molecule has 5 nitrogen and oxygen atoms in total. The van der Waals surface area contributed by atoms with E-state index in [0.717, 1.165) is 12.8 Å². The van der Waals surface area contributed by atoms with Crippen molar-refractivity contribution in [3.05, 3.63) is 28.7 Å². The first-order valence-electron chi connectivity index (χ1n) is 8.06. The molecule has 0 amide bonds. The van der Waals surface area contributed by atoms with Gasteiger partial charge in [0, 0.05) is 24.0 Å². The van der Waals surface area contributed by atoms with Crippen LogP contribution in [0, 0.1) is 5.92 Å². The second-order valence-corrected chi connectivity index (χ2v) is 9.85. The zero-order chi connectivity index (χ0) is 18.0. The van der Waals surface area contributed by atoms with Crippen LogP contribution in [0.4, 0.5) is 0 Å². The number of esters is 1. The Morgan fingerprint density at radius 2 is 2.00 bits per heavy atom. The highest BCUT2D eigenvalue weighted by Crippen LogP contribution is 2.29. The largest absolute Gasteiger partial charge is 0.460 e. The lowest BCUT2D eigenvalue weighted by atomic mass is 9.96. The Morgan fingerprint density at radius 3 is 2.62 bits per heavy atom. The summed E-state index contributed by atoms with van der Waals surface area (Å²) in [6.07, 6.45) is 1.83. The number of sulfonamides is 1. The van der Waals surface area contributed by atoms with Gasteiger partial charge in [-0.2, -0.15) is 4.31 Å². The standard InChI is InChI=1S/C17H24BrNO4S/c1-17(2,3)23-16(20)11-13-7-6-10-19(12-13)24(21,22)15-9-5-4-8-14(15)18/h4-5,8-9,13H,6-7,10-12H2,1-3H3. The van der Waals surface area contributed by atoms with Crippen LogP contribution in [0.5, 0.6) is 0 Å². The summed E-state index contributed by atoms with van der Waals surface area (Å²) in [5.74, 6) is -0.279. The summed E-state index contributed by atoms with van der Waals surface area (Å²) < 4.78 is 33.1. The number of rotatable bonds is 4. The minimum atomic E-state index is -3.56. The third kappa shape index (κ3) is 5.04. The Morgan fingerprint density at radius 1 is 1.33 bits per heavy atom. The van der Waals surface area contributed by atoms with E-state index >= 15 is 0 Å². The van der Waals surface area contributed by atoms with E-state index in [1.54, 1.807) is 24.3 Å². The van der Waals surface area contributed by atoms with Gasteiger partial charge >= 0.3 is 5.97 Å². The molecule has 0 saturated carbocycles. The van der Waals surface area contributed by atoms with Crippen molar-refractivity contribution in [1.29, 1.82) is 0 Å². The van der Waals surface area contributed by atoms with Crippen molar-refractivity contribution in [1.82, 2.24) is 4.31 Å². The van der Waals surface area contributed by atoms with Gasteiger partial charge in [0.1, 0.15) is 5.60 Å². The van der Waals surface area contributed by atoms with Gasteiger partial charge in [-0.3, -0.25) is 4.79 Å². The summed E-state index contributed by atoms with van der Waals surface area (Å²) in [7, 11) is -3.56. The van der Waals surface area contributed by atoms with E-state index < -0.39 is 15.6 Å². The SMILES string of the molecule is CC(C)(C)OC(=O)CC1CCCN(S(=O)(=O)c2ccccc2Br)C1. The van der Waals surface area contributed by atoms with Crippen molar-refractivity contribution in [3.8, 4) is 0 Å². The number of ether oxygens (including phenoxy) is 1. The molecule has 1 heterocycles. The molecule has 1 aliphatic heterocycles. The summed E-state index contributed by atoms with van der Waals surface area (Å²) in [5.41, 5.74) is -0.521. The van der Waals surface area contributed by atoms with Gasteiger partial charge in [0.25, 0.3) is 0 Å². The van der Waals surface area contributed by atoms with E-state index in [-0.39, 0.29) is 23.2 Å². The molecule has 0 spiro atoms. The van der Waals surface area contributed by atoms with Crippen LogP contribution in [0.15, 0.2) is 33.6 Å². The summed E-state index contributed by atoms with van der Waals surface area (Å²) in [5, 5.41) is 0. The van der Waals surface area contributed by atoms with Gasteiger partial charge in [-0.05, 0) is 67.6 Å². The summed E-state index contributed by atoms with van der Waals surface area (Å²) in [6.45, 7) is 6.32. The van der Waals surface area contributed by atoms with Crippen molar-refractivity contribution in [2.75, 3.05) is 13.1 Å². The minimum absolute atomic E-state index is 0.00846. The van der Waals surface area contributed by atoms with Gasteiger partial charge in [-0.15, -0.1) is 0 Å². The number of piperidine rings is 1. The number of hydrogen-bond donors (Lipinski definition) is 0. The first-order valence-corrected chi connectivity index (χ1v) is 10.3. The molecule has 1 atom stereocenters. The van der Waals surface area contributed by atoms with Crippen LogP contribution in [-0.2, 0) is 19.6 Å². The Bertz CT molecular complexity index is 697. The van der Waals surface area contributed by atoms with E-state index in [9.17, 15) is 13.2 Å². The average Bonchev–Trinajstić information content (AvgIpc) is 2.45. The third-order valence-corrected chi connectivity index (χ3v) is 6.69. The van der Waals surface area contributed by atoms with E-state index in [1.165, 1.54) is 4.31 Å². The highest BCUT2D eigenvalue weighted by Gasteiger charge is 2.32. The maximum atomic E-state index is 12.8. The first kappa shape index (κ1) is 19.4. The molecule has 0 radical (unpaired) electrons. The van der Waals surface area contributed by atoms with E-state index in [2.05, 4.69) is 15.9 Å². The molecule has 24 heavy (non-hydrogen) atoms. The van der Waals surface area contributed by atoms with Crippen molar-refractivity contribution in [2.24, 2.45) is 5.92 Å². The Hall–Kier alpha value is -0.920. The molecule has 1 saturated heterocycles. The van der Waals surface area contributed by atoms with Crippen molar-refractivity contribution >= 4 is 31.9 Å². The van der Waals surface area contributed by atoms with Crippen LogP contribution >= 0.6 is 15.9 Å². The zero-order valence-corrected chi connectivity index (χ0v) is 16.7. The number of nitrogens with zero attached hydrogens (tertiary/aromatic N) is 1. The maximum absolute atomic E-state index is 12.8. The maximum Gasteiger partial charge on any atom is 0.306 e. The van der Waals surface area contributed by atoms with Crippen LogP contribution in [-0.4, -0.2) is 37.4 Å². The van der Waals surface area contributed by atoms with Gasteiger partial charge in [0.05, 0.1) is 4.90 Å². The fraction of sp³-hybridized carbons (Fsp3) is 0.588. The highest BCUT2D eigenvalue weighted by atomic mass is 79.9. The topological polar surface area (TPSA) is 63.7 Å². The Labute approximate surface area is 152 Å². The van der Waals surface area contributed by atoms with E-state index in [1.807, 2.05) is 20.8 Å². The number of benzene rings is 1. The molecule has 7 heteroatoms. The monoisotopic (exact) mass is 417 g/mol. The fourth-order valence-electron chi connectivity index (χ4n) is 2.82. The average molecular weight is 418 g/mol. The quantitative estimate of drug-likeness (QED) is 0.702. The lowest BCUT2D eigenvalue weighted by Crippen LogP contribution is -2.41. The van der Waals surface area contributed by atoms with Crippen LogP contribution in [0.1, 0.15) is 40.0 Å². The second kappa shape index (κ2) is 7.54. The predicted octanol–water partition coefficient (Wildman–Crippen LogP) is 3.58. The molecular formula is C17H24BrNO4S. The second-order valence-electron chi connectivity index (χ2n) is 7.09. The van der Waals surface area contributed by atoms with Gasteiger partial charge in [0.15, 0.2) is 0 Å². The minimum Gasteiger partial charge on any atom is -0.460 e. The third-order valence-electron chi connectivity index (χ3n) is 3.81. The van der Waals surface area contributed by atoms with Gasteiger partial charge in [-0.1, -0.05) is 12.1 Å². The molecule has 1 aromatic rings. The number of carbonyl (C=O) groups is 1. The van der Waals surface area contributed by atoms with Crippen molar-refractivity contribution in [3.63, 3.8) is 0 Å². The molecule has 1 aliphatic rings. The van der Waals surface area contributed by atoms with Gasteiger partial charge < -0.3 is 4.74 Å². The molecule has 2 rings (SSSR count). The molecule has 134 valence electrons. The number of carbonyl (C=O) groups excluding carboxylic acids is 1. The first-order chi connectivity index (χ1) is 11.1. The van der Waals surface area contributed by atoms with Crippen LogP contribution in [0.25, 0.3) is 0 Å². The molecule has 1 aromatic carbocycles. The molecule has 0 aromatic heterocycles. The van der Waals surface area contributed by atoms with Gasteiger partial charge in [-0.25, -0.2) is 8.42 Å². The lowest BCUT2D eigenvalue weighted by Gasteiger charge is -2.32. The smallest absolute Gasteiger partial charge is 0.306 e. The molecule has 1 fully saturated rings. The molecule has 0 bridgehead atoms. The van der Waals surface area contributed by atoms with Crippen LogP contribution < -0.4 is 0 Å². The fourth-order valence-corrected chi connectivity index (χ4v) is 5.34. The molecule has 1 unspecified atom stereocenters. The normalized spacial score (nSPS) is 19.9. The highest BCUT2D eigenvalue weighted by molar-refractivity contribution is 9.10. The number of halogens is 1. The summed E-state index contributed by atoms with van der Waals surface area (Å²) in [6, 6.07) is 6.80. The number of hydrogen-bond acceptors (Lipinski definition) is 4. The van der Waals surface area contributed by atoms with Crippen molar-refractivity contribution in [2.45, 2.75) is 50.5 Å². The van der Waals surface area contributed by atoms with Gasteiger partial charge in [0.2, 0.25) is 10.0 Å².